The Morgan fingerprint density at radius 3 is 2.15 bits per heavy atom. The van der Waals surface area contributed by atoms with Gasteiger partial charge in [-0.3, -0.25) is 4.79 Å². The second-order valence-electron chi connectivity index (χ2n) is 6.19. The van der Waals surface area contributed by atoms with Crippen LogP contribution >= 0.6 is 23.2 Å². The molecular formula is C19H18Cl2FNO4. The van der Waals surface area contributed by atoms with Gasteiger partial charge >= 0.3 is 0 Å². The van der Waals surface area contributed by atoms with Crippen molar-refractivity contribution in [2.24, 2.45) is 5.92 Å². The van der Waals surface area contributed by atoms with Gasteiger partial charge < -0.3 is 19.9 Å². The lowest BCUT2D eigenvalue weighted by Crippen LogP contribution is -2.08. The zero-order chi connectivity index (χ0) is 19.9. The number of benzene rings is 2. The van der Waals surface area contributed by atoms with Crippen LogP contribution < -0.4 is 19.9 Å². The second-order valence-corrected chi connectivity index (χ2v) is 7.63. The van der Waals surface area contributed by atoms with Gasteiger partial charge in [0.2, 0.25) is 5.75 Å². The van der Waals surface area contributed by atoms with Gasteiger partial charge in [0.25, 0.3) is 0 Å². The Balaban J connectivity index is 1.97. The summed E-state index contributed by atoms with van der Waals surface area (Å²) in [7, 11) is 4.39. The van der Waals surface area contributed by atoms with Crippen LogP contribution in [0.25, 0.3) is 0 Å². The molecule has 0 saturated heterocycles. The molecule has 2 aromatic carbocycles. The molecule has 1 saturated carbocycles. The molecule has 0 radical (unpaired) electrons. The smallest absolute Gasteiger partial charge is 0.203 e. The first kappa shape index (κ1) is 19.6. The Labute approximate surface area is 166 Å². The summed E-state index contributed by atoms with van der Waals surface area (Å²) in [5.41, 5.74) is 6.52. The van der Waals surface area contributed by atoms with Gasteiger partial charge in [-0.25, -0.2) is 4.39 Å². The number of hydrogen-bond donors (Lipinski definition) is 1. The molecule has 144 valence electrons. The largest absolute Gasteiger partial charge is 0.493 e. The summed E-state index contributed by atoms with van der Waals surface area (Å²) in [6, 6.07) is 7.29. The van der Waals surface area contributed by atoms with Gasteiger partial charge in [0.1, 0.15) is 10.2 Å². The van der Waals surface area contributed by atoms with E-state index in [2.05, 4.69) is 0 Å². The topological polar surface area (TPSA) is 70.8 Å². The average molecular weight is 414 g/mol. The highest BCUT2D eigenvalue weighted by Crippen LogP contribution is 2.66. The van der Waals surface area contributed by atoms with Crippen LogP contribution in [0.3, 0.4) is 0 Å². The highest BCUT2D eigenvalue weighted by atomic mass is 35.5. The SMILES string of the molecule is COc1cc(C(=O)C2C(c3ccc(F)c(N)c3)C2(Cl)Cl)cc(OC)c1OC. The van der Waals surface area contributed by atoms with Crippen LogP contribution in [0, 0.1) is 11.7 Å². The van der Waals surface area contributed by atoms with E-state index >= 15 is 0 Å². The summed E-state index contributed by atoms with van der Waals surface area (Å²) in [4.78, 5) is 13.1. The number of nitrogens with two attached hydrogens (primary N) is 1. The predicted molar refractivity (Wildman–Crippen MR) is 102 cm³/mol. The predicted octanol–water partition coefficient (Wildman–Crippen LogP) is 4.20. The number of halogens is 3. The van der Waals surface area contributed by atoms with Crippen molar-refractivity contribution in [3.63, 3.8) is 0 Å². The molecule has 1 aliphatic carbocycles. The molecule has 8 heteroatoms. The van der Waals surface area contributed by atoms with E-state index in [9.17, 15) is 9.18 Å². The van der Waals surface area contributed by atoms with Gasteiger partial charge in [-0.2, -0.15) is 0 Å². The van der Waals surface area contributed by atoms with Gasteiger partial charge in [0.05, 0.1) is 32.9 Å². The molecule has 2 atom stereocenters. The van der Waals surface area contributed by atoms with Crippen LogP contribution in [0.5, 0.6) is 17.2 Å². The minimum Gasteiger partial charge on any atom is -0.493 e. The Kier molecular flexibility index (Phi) is 5.14. The Bertz CT molecular complexity index is 878. The van der Waals surface area contributed by atoms with Crippen molar-refractivity contribution < 1.29 is 23.4 Å². The van der Waals surface area contributed by atoms with Gasteiger partial charge in [-0.15, -0.1) is 23.2 Å². The van der Waals surface area contributed by atoms with Crippen molar-refractivity contribution in [2.45, 2.75) is 10.3 Å². The van der Waals surface area contributed by atoms with Crippen LogP contribution in [-0.2, 0) is 0 Å². The number of Topliss-reactive ketones (excluding diaryl/α,β-unsaturated/α-hetero) is 1. The average Bonchev–Trinajstić information content (AvgIpc) is 3.23. The first-order valence-corrected chi connectivity index (χ1v) is 8.78. The zero-order valence-electron chi connectivity index (χ0n) is 14.9. The monoisotopic (exact) mass is 413 g/mol. The fourth-order valence-corrected chi connectivity index (χ4v) is 4.05. The summed E-state index contributed by atoms with van der Waals surface area (Å²) in [6.07, 6.45) is 0. The van der Waals surface area contributed by atoms with Crippen LogP contribution in [0.2, 0.25) is 0 Å². The van der Waals surface area contributed by atoms with Crippen LogP contribution in [0.15, 0.2) is 30.3 Å². The quantitative estimate of drug-likeness (QED) is 0.436. The minimum absolute atomic E-state index is 0.0254. The Morgan fingerprint density at radius 1 is 1.07 bits per heavy atom. The first-order valence-electron chi connectivity index (χ1n) is 8.03. The molecule has 0 amide bonds. The second kappa shape index (κ2) is 7.09. The van der Waals surface area contributed by atoms with Gasteiger partial charge in [0.15, 0.2) is 17.3 Å². The molecular weight excluding hydrogens is 396 g/mol. The number of alkyl halides is 2. The van der Waals surface area contributed by atoms with Crippen molar-refractivity contribution in [3.05, 3.63) is 47.3 Å². The van der Waals surface area contributed by atoms with E-state index in [0.717, 1.165) is 0 Å². The fraction of sp³-hybridized carbons (Fsp3) is 0.316. The normalized spacial score (nSPS) is 20.1. The number of ketones is 1. The Morgan fingerprint density at radius 2 is 1.67 bits per heavy atom. The van der Waals surface area contributed by atoms with E-state index in [4.69, 9.17) is 43.1 Å². The maximum Gasteiger partial charge on any atom is 0.203 e. The lowest BCUT2D eigenvalue weighted by Gasteiger charge is -2.13. The first-order chi connectivity index (χ1) is 12.8. The lowest BCUT2D eigenvalue weighted by atomic mass is 10.0. The molecule has 1 fully saturated rings. The van der Waals surface area contributed by atoms with Crippen LogP contribution in [-0.4, -0.2) is 31.4 Å². The number of methoxy groups -OCH3 is 3. The number of hydrogen-bond acceptors (Lipinski definition) is 5. The molecule has 2 aromatic rings. The van der Waals surface area contributed by atoms with Crippen LogP contribution in [0.4, 0.5) is 10.1 Å². The molecule has 5 nitrogen and oxygen atoms in total. The van der Waals surface area contributed by atoms with Gasteiger partial charge in [-0.05, 0) is 29.8 Å². The molecule has 0 spiro atoms. The van der Waals surface area contributed by atoms with E-state index in [1.807, 2.05) is 0 Å². The molecule has 0 aromatic heterocycles. The number of rotatable bonds is 6. The lowest BCUT2D eigenvalue weighted by molar-refractivity contribution is 0.0963. The van der Waals surface area contributed by atoms with Crippen LogP contribution in [0.1, 0.15) is 21.8 Å². The highest BCUT2D eigenvalue weighted by Gasteiger charge is 2.67. The van der Waals surface area contributed by atoms with Gasteiger partial charge in [-0.1, -0.05) is 6.07 Å². The molecule has 1 aliphatic rings. The van der Waals surface area contributed by atoms with E-state index < -0.39 is 22.0 Å². The minimum atomic E-state index is -1.32. The third-order valence-electron chi connectivity index (χ3n) is 4.66. The van der Waals surface area contributed by atoms with E-state index in [-0.39, 0.29) is 11.5 Å². The Hall–Kier alpha value is -2.18. The maximum absolute atomic E-state index is 13.4. The molecule has 27 heavy (non-hydrogen) atoms. The number of ether oxygens (including phenoxy) is 3. The molecule has 2 N–H and O–H groups in total. The van der Waals surface area contributed by atoms with E-state index in [1.165, 1.54) is 39.5 Å². The summed E-state index contributed by atoms with van der Waals surface area (Å²) < 4.78 is 27.9. The summed E-state index contributed by atoms with van der Waals surface area (Å²) >= 11 is 12.7. The number of carbonyl (C=O) groups is 1. The molecule has 0 heterocycles. The van der Waals surface area contributed by atoms with Crippen molar-refractivity contribution in [1.82, 2.24) is 0 Å². The van der Waals surface area contributed by atoms with Crippen molar-refractivity contribution in [1.29, 1.82) is 0 Å². The van der Waals surface area contributed by atoms with E-state index in [0.29, 0.717) is 28.4 Å². The molecule has 0 aliphatic heterocycles. The molecule has 0 bridgehead atoms. The highest BCUT2D eigenvalue weighted by molar-refractivity contribution is 6.54. The number of anilines is 1. The summed E-state index contributed by atoms with van der Waals surface area (Å²) in [6.45, 7) is 0. The molecule has 3 rings (SSSR count). The maximum atomic E-state index is 13.4. The van der Waals surface area contributed by atoms with Crippen molar-refractivity contribution in [3.8, 4) is 17.2 Å². The van der Waals surface area contributed by atoms with E-state index in [1.54, 1.807) is 12.1 Å². The summed E-state index contributed by atoms with van der Waals surface area (Å²) in [5.74, 6) is -0.979. The number of carbonyl (C=O) groups excluding carboxylic acids is 1. The van der Waals surface area contributed by atoms with Crippen molar-refractivity contribution >= 4 is 34.7 Å². The summed E-state index contributed by atoms with van der Waals surface area (Å²) in [5, 5.41) is 0. The standard InChI is InChI=1S/C19H18Cl2FNO4/c1-25-13-7-10(8-14(26-2)18(13)27-3)17(24)16-15(19(16,20)21)9-4-5-11(22)12(23)6-9/h4-8,15-16H,23H2,1-3H3. The van der Waals surface area contributed by atoms with Crippen molar-refractivity contribution in [2.75, 3.05) is 27.1 Å². The third-order valence-corrected chi connectivity index (χ3v) is 5.60. The zero-order valence-corrected chi connectivity index (χ0v) is 16.4. The third kappa shape index (κ3) is 3.28. The fourth-order valence-electron chi connectivity index (χ4n) is 3.23. The number of nitrogen functional groups attached to an aromatic ring is 1. The molecule has 2 unspecified atom stereocenters. The van der Waals surface area contributed by atoms with Gasteiger partial charge in [0, 0.05) is 11.5 Å².